The van der Waals surface area contributed by atoms with Crippen LogP contribution in [0.2, 0.25) is 0 Å². The molecule has 134 valence electrons. The monoisotopic (exact) mass is 346 g/mol. The molecule has 2 atom stereocenters. The number of benzene rings is 1. The maximum atomic E-state index is 12.9. The molecule has 1 aromatic rings. The topological polar surface area (TPSA) is 87.2 Å². The Balaban J connectivity index is 1.89. The van der Waals surface area contributed by atoms with Crippen LogP contribution in [-0.2, 0) is 9.53 Å². The van der Waals surface area contributed by atoms with Gasteiger partial charge in [0.25, 0.3) is 5.91 Å². The van der Waals surface area contributed by atoms with Gasteiger partial charge in [-0.1, -0.05) is 6.42 Å². The number of ether oxygens (including phenoxy) is 1. The van der Waals surface area contributed by atoms with Crippen LogP contribution in [0.1, 0.15) is 40.0 Å². The lowest BCUT2D eigenvalue weighted by Gasteiger charge is -2.29. The predicted octanol–water partition coefficient (Wildman–Crippen LogP) is 1.26. The maximum absolute atomic E-state index is 12.9. The van der Waals surface area contributed by atoms with Crippen LogP contribution in [0.15, 0.2) is 18.2 Å². The van der Waals surface area contributed by atoms with Crippen molar-refractivity contribution < 1.29 is 24.2 Å². The highest BCUT2D eigenvalue weighted by Crippen LogP contribution is 2.28. The number of rotatable bonds is 2. The molecule has 2 fully saturated rings. The van der Waals surface area contributed by atoms with E-state index in [-0.39, 0.29) is 40.7 Å². The van der Waals surface area contributed by atoms with Gasteiger partial charge in [0.2, 0.25) is 5.91 Å². The molecule has 7 heteroatoms. The van der Waals surface area contributed by atoms with Gasteiger partial charge < -0.3 is 19.6 Å². The van der Waals surface area contributed by atoms with Gasteiger partial charge in [-0.2, -0.15) is 0 Å². The van der Waals surface area contributed by atoms with Crippen LogP contribution in [0.5, 0.6) is 5.75 Å². The molecule has 3 rings (SSSR count). The SMILES string of the molecule is COC(=O)c1cc(O)cc(C(=O)N2C[C@H]3CCC[C@@H](C2)N(C)C3=O)c1. The van der Waals surface area contributed by atoms with Crippen LogP contribution in [0.4, 0.5) is 0 Å². The van der Waals surface area contributed by atoms with Gasteiger partial charge in [0.1, 0.15) is 5.75 Å². The number of hydrogen-bond acceptors (Lipinski definition) is 5. The quantitative estimate of drug-likeness (QED) is 0.815. The van der Waals surface area contributed by atoms with E-state index in [4.69, 9.17) is 0 Å². The highest BCUT2D eigenvalue weighted by Gasteiger charge is 2.38. The van der Waals surface area contributed by atoms with Crippen LogP contribution in [-0.4, -0.2) is 66.0 Å². The lowest BCUT2D eigenvalue weighted by atomic mass is 9.98. The number of likely N-dealkylation sites (tertiary alicyclic amines) is 1. The summed E-state index contributed by atoms with van der Waals surface area (Å²) in [7, 11) is 3.04. The van der Waals surface area contributed by atoms with Crippen molar-refractivity contribution in [2.24, 2.45) is 5.92 Å². The van der Waals surface area contributed by atoms with Gasteiger partial charge in [0.05, 0.1) is 18.6 Å². The van der Waals surface area contributed by atoms with Crippen molar-refractivity contribution in [2.75, 3.05) is 27.2 Å². The van der Waals surface area contributed by atoms with E-state index in [0.29, 0.717) is 13.1 Å². The van der Waals surface area contributed by atoms with Gasteiger partial charge >= 0.3 is 5.97 Å². The van der Waals surface area contributed by atoms with E-state index >= 15 is 0 Å². The number of hydrogen-bond donors (Lipinski definition) is 1. The number of likely N-dealkylation sites (N-methyl/N-ethyl adjacent to an activating group) is 1. The summed E-state index contributed by atoms with van der Waals surface area (Å²) in [6.07, 6.45) is 2.62. The van der Waals surface area contributed by atoms with E-state index in [1.54, 1.807) is 16.8 Å². The van der Waals surface area contributed by atoms with E-state index in [9.17, 15) is 19.5 Å². The molecular weight excluding hydrogens is 324 g/mol. The van der Waals surface area contributed by atoms with E-state index < -0.39 is 5.97 Å². The molecule has 0 unspecified atom stereocenters. The first-order valence-corrected chi connectivity index (χ1v) is 8.39. The highest BCUT2D eigenvalue weighted by atomic mass is 16.5. The Morgan fingerprint density at radius 1 is 1.16 bits per heavy atom. The van der Waals surface area contributed by atoms with E-state index in [0.717, 1.165) is 19.3 Å². The minimum absolute atomic E-state index is 0.00124. The molecule has 0 spiro atoms. The predicted molar refractivity (Wildman–Crippen MR) is 89.2 cm³/mol. The number of fused-ring (bicyclic) bond motifs is 3. The molecule has 2 heterocycles. The van der Waals surface area contributed by atoms with Crippen molar-refractivity contribution in [1.82, 2.24) is 9.80 Å². The minimum Gasteiger partial charge on any atom is -0.508 e. The van der Waals surface area contributed by atoms with Crippen molar-refractivity contribution >= 4 is 17.8 Å². The molecule has 2 saturated heterocycles. The summed E-state index contributed by atoms with van der Waals surface area (Å²) < 4.78 is 4.65. The van der Waals surface area contributed by atoms with Crippen molar-refractivity contribution in [1.29, 1.82) is 0 Å². The lowest BCUT2D eigenvalue weighted by molar-refractivity contribution is -0.134. The molecule has 2 aliphatic heterocycles. The fraction of sp³-hybridized carbons (Fsp3) is 0.500. The number of methoxy groups -OCH3 is 1. The van der Waals surface area contributed by atoms with Gasteiger partial charge in [-0.25, -0.2) is 4.79 Å². The van der Waals surface area contributed by atoms with Crippen LogP contribution in [0, 0.1) is 5.92 Å². The Morgan fingerprint density at radius 2 is 1.88 bits per heavy atom. The highest BCUT2D eigenvalue weighted by molar-refractivity contribution is 5.99. The van der Waals surface area contributed by atoms with E-state index in [1.807, 2.05) is 0 Å². The molecule has 2 aliphatic rings. The first kappa shape index (κ1) is 17.3. The number of esters is 1. The van der Waals surface area contributed by atoms with Gasteiger partial charge in [-0.05, 0) is 31.0 Å². The number of aromatic hydroxyl groups is 1. The Hall–Kier alpha value is -2.57. The second-order valence-electron chi connectivity index (χ2n) is 6.70. The summed E-state index contributed by atoms with van der Waals surface area (Å²) in [6.45, 7) is 0.822. The van der Waals surface area contributed by atoms with Crippen LogP contribution in [0.25, 0.3) is 0 Å². The third-order valence-corrected chi connectivity index (χ3v) is 5.08. The Bertz CT molecular complexity index is 717. The van der Waals surface area contributed by atoms with Crippen LogP contribution < -0.4 is 0 Å². The number of amides is 2. The zero-order valence-corrected chi connectivity index (χ0v) is 14.4. The van der Waals surface area contributed by atoms with Crippen molar-refractivity contribution in [3.63, 3.8) is 0 Å². The second-order valence-corrected chi connectivity index (χ2v) is 6.70. The summed E-state index contributed by atoms with van der Waals surface area (Å²) in [6, 6.07) is 4.01. The van der Waals surface area contributed by atoms with E-state index in [2.05, 4.69) is 4.74 Å². The number of phenols is 1. The Morgan fingerprint density at radius 3 is 2.60 bits per heavy atom. The maximum Gasteiger partial charge on any atom is 0.338 e. The molecule has 0 radical (unpaired) electrons. The molecule has 2 amide bonds. The summed E-state index contributed by atoms with van der Waals surface area (Å²) in [4.78, 5) is 40.5. The van der Waals surface area contributed by atoms with Crippen molar-refractivity contribution in [3.05, 3.63) is 29.3 Å². The Kier molecular flexibility index (Phi) is 4.65. The average molecular weight is 346 g/mol. The number of carbonyl (C=O) groups is 3. The number of carbonyl (C=O) groups excluding carboxylic acids is 3. The molecule has 25 heavy (non-hydrogen) atoms. The normalized spacial score (nSPS) is 23.2. The average Bonchev–Trinajstić information content (AvgIpc) is 2.78. The summed E-state index contributed by atoms with van der Waals surface area (Å²) in [5.74, 6) is -1.19. The van der Waals surface area contributed by atoms with Crippen molar-refractivity contribution in [3.8, 4) is 5.75 Å². The second kappa shape index (κ2) is 6.74. The van der Waals surface area contributed by atoms with Crippen LogP contribution >= 0.6 is 0 Å². The molecule has 0 saturated carbocycles. The van der Waals surface area contributed by atoms with Crippen LogP contribution in [0.3, 0.4) is 0 Å². The standard InChI is InChI=1S/C18H22N2O5/c1-19-14-5-3-4-11(16(19)22)9-20(10-14)17(23)12-6-13(18(24)25-2)8-15(21)7-12/h6-8,11,14,21H,3-5,9-10H2,1-2H3/t11-,14+/m1/s1. The van der Waals surface area contributed by atoms with Gasteiger partial charge in [-0.15, -0.1) is 0 Å². The van der Waals surface area contributed by atoms with Gasteiger partial charge in [0, 0.05) is 31.7 Å². The number of nitrogens with zero attached hydrogens (tertiary/aromatic N) is 2. The molecule has 1 N–H and O–H groups in total. The summed E-state index contributed by atoms with van der Waals surface area (Å²) in [5, 5.41) is 9.85. The molecule has 1 aromatic carbocycles. The zero-order chi connectivity index (χ0) is 18.1. The smallest absolute Gasteiger partial charge is 0.338 e. The molecular formula is C18H22N2O5. The molecule has 0 aromatic heterocycles. The largest absolute Gasteiger partial charge is 0.508 e. The first-order valence-electron chi connectivity index (χ1n) is 8.39. The molecule has 2 bridgehead atoms. The van der Waals surface area contributed by atoms with Gasteiger partial charge in [-0.3, -0.25) is 9.59 Å². The fourth-order valence-electron chi connectivity index (χ4n) is 3.68. The third-order valence-electron chi connectivity index (χ3n) is 5.08. The zero-order valence-electron chi connectivity index (χ0n) is 14.4. The minimum atomic E-state index is -0.618. The summed E-state index contributed by atoms with van der Waals surface area (Å²) in [5.41, 5.74) is 0.338. The molecule has 0 aliphatic carbocycles. The lowest BCUT2D eigenvalue weighted by Crippen LogP contribution is -2.42. The van der Waals surface area contributed by atoms with Crippen molar-refractivity contribution in [2.45, 2.75) is 25.3 Å². The first-order chi connectivity index (χ1) is 11.9. The molecule has 7 nitrogen and oxygen atoms in total. The summed E-state index contributed by atoms with van der Waals surface area (Å²) >= 11 is 0. The van der Waals surface area contributed by atoms with E-state index in [1.165, 1.54) is 25.3 Å². The Labute approximate surface area is 146 Å². The van der Waals surface area contributed by atoms with Gasteiger partial charge in [0.15, 0.2) is 0 Å². The third kappa shape index (κ3) is 3.31. The fourth-order valence-corrected chi connectivity index (χ4v) is 3.68. The number of phenolic OH excluding ortho intramolecular Hbond substituents is 1.